The van der Waals surface area contributed by atoms with Crippen molar-refractivity contribution in [2.45, 2.75) is 12.5 Å². The highest BCUT2D eigenvalue weighted by Crippen LogP contribution is 2.19. The largest absolute Gasteiger partial charge is 0.324 e. The highest BCUT2D eigenvalue weighted by molar-refractivity contribution is 9.10. The average Bonchev–Trinajstić information content (AvgIpc) is 2.74. The minimum atomic E-state index is 0.109. The minimum absolute atomic E-state index is 0.109. The molecule has 2 N–H and O–H groups in total. The van der Waals surface area contributed by atoms with Gasteiger partial charge in [0.2, 0.25) is 0 Å². The van der Waals surface area contributed by atoms with Crippen LogP contribution in [-0.4, -0.2) is 0 Å². The second-order valence-electron chi connectivity index (χ2n) is 3.49. The molecule has 2 aromatic rings. The van der Waals surface area contributed by atoms with E-state index in [-0.39, 0.29) is 6.04 Å². The molecule has 1 atom stereocenters. The van der Waals surface area contributed by atoms with Gasteiger partial charge in [0.1, 0.15) is 0 Å². The molecule has 0 bridgehead atoms. The summed E-state index contributed by atoms with van der Waals surface area (Å²) < 4.78 is 1.11. The van der Waals surface area contributed by atoms with Crippen LogP contribution in [0.3, 0.4) is 0 Å². The molecule has 0 aliphatic heterocycles. The van der Waals surface area contributed by atoms with Gasteiger partial charge in [-0.3, -0.25) is 0 Å². The molecule has 2 rings (SSSR count). The van der Waals surface area contributed by atoms with Gasteiger partial charge in [0, 0.05) is 10.5 Å². The fourth-order valence-corrected chi connectivity index (χ4v) is 2.47. The van der Waals surface area contributed by atoms with Gasteiger partial charge in [-0.05, 0) is 46.5 Å². The summed E-state index contributed by atoms with van der Waals surface area (Å²) in [4.78, 5) is 0. The fraction of sp³-hybridized carbons (Fsp3) is 0.167. The van der Waals surface area contributed by atoms with E-state index in [4.69, 9.17) is 5.73 Å². The van der Waals surface area contributed by atoms with Gasteiger partial charge in [-0.25, -0.2) is 0 Å². The Hall–Kier alpha value is -0.640. The van der Waals surface area contributed by atoms with Crippen molar-refractivity contribution in [2.75, 3.05) is 0 Å². The average molecular weight is 282 g/mol. The highest BCUT2D eigenvalue weighted by atomic mass is 79.9. The normalized spacial score (nSPS) is 12.7. The van der Waals surface area contributed by atoms with E-state index in [0.29, 0.717) is 0 Å². The molecule has 1 aromatic carbocycles. The van der Waals surface area contributed by atoms with Crippen LogP contribution in [0.4, 0.5) is 0 Å². The molecule has 15 heavy (non-hydrogen) atoms. The van der Waals surface area contributed by atoms with Crippen LogP contribution in [0.1, 0.15) is 17.2 Å². The van der Waals surface area contributed by atoms with Crippen molar-refractivity contribution < 1.29 is 0 Å². The lowest BCUT2D eigenvalue weighted by atomic mass is 10.0. The summed E-state index contributed by atoms with van der Waals surface area (Å²) in [6.07, 6.45) is 0.893. The summed E-state index contributed by atoms with van der Waals surface area (Å²) >= 11 is 5.11. The standard InChI is InChI=1S/C12H12BrNS/c13-11-3-1-9(2-4-11)7-12(14)10-5-6-15-8-10/h1-6,8,12H,7,14H2. The SMILES string of the molecule is NC(Cc1ccc(Br)cc1)c1ccsc1. The van der Waals surface area contributed by atoms with E-state index < -0.39 is 0 Å². The summed E-state index contributed by atoms with van der Waals surface area (Å²) in [5.74, 6) is 0. The number of thiophene rings is 1. The van der Waals surface area contributed by atoms with Crippen LogP contribution in [0.25, 0.3) is 0 Å². The summed E-state index contributed by atoms with van der Waals surface area (Å²) in [5, 5.41) is 4.18. The van der Waals surface area contributed by atoms with Crippen molar-refractivity contribution in [3.8, 4) is 0 Å². The minimum Gasteiger partial charge on any atom is -0.324 e. The Bertz CT molecular complexity index is 408. The molecule has 0 aliphatic carbocycles. The second-order valence-corrected chi connectivity index (χ2v) is 5.19. The van der Waals surface area contributed by atoms with E-state index in [9.17, 15) is 0 Å². The predicted molar refractivity (Wildman–Crippen MR) is 69.1 cm³/mol. The van der Waals surface area contributed by atoms with Gasteiger partial charge < -0.3 is 5.73 Å². The maximum absolute atomic E-state index is 6.10. The molecular weight excluding hydrogens is 270 g/mol. The quantitative estimate of drug-likeness (QED) is 0.911. The summed E-state index contributed by atoms with van der Waals surface area (Å²) in [7, 11) is 0. The number of nitrogens with two attached hydrogens (primary N) is 1. The number of hydrogen-bond acceptors (Lipinski definition) is 2. The molecule has 1 heterocycles. The summed E-state index contributed by atoms with van der Waals surface area (Å²) in [5.41, 5.74) is 8.60. The van der Waals surface area contributed by atoms with Crippen LogP contribution in [0.5, 0.6) is 0 Å². The van der Waals surface area contributed by atoms with E-state index in [1.165, 1.54) is 11.1 Å². The van der Waals surface area contributed by atoms with Crippen LogP contribution in [0.2, 0.25) is 0 Å². The predicted octanol–water partition coefficient (Wildman–Crippen LogP) is 3.75. The third-order valence-electron chi connectivity index (χ3n) is 2.34. The van der Waals surface area contributed by atoms with Gasteiger partial charge >= 0.3 is 0 Å². The molecule has 0 radical (unpaired) electrons. The molecule has 0 aliphatic rings. The van der Waals surface area contributed by atoms with E-state index >= 15 is 0 Å². The van der Waals surface area contributed by atoms with Crippen molar-refractivity contribution in [1.29, 1.82) is 0 Å². The Morgan fingerprint density at radius 2 is 1.93 bits per heavy atom. The lowest BCUT2D eigenvalue weighted by molar-refractivity contribution is 0.725. The zero-order chi connectivity index (χ0) is 10.7. The van der Waals surface area contributed by atoms with Gasteiger partial charge in [0.15, 0.2) is 0 Å². The van der Waals surface area contributed by atoms with Crippen molar-refractivity contribution in [1.82, 2.24) is 0 Å². The Labute approximate surface area is 102 Å². The first-order valence-electron chi connectivity index (χ1n) is 4.78. The van der Waals surface area contributed by atoms with Crippen LogP contribution < -0.4 is 5.73 Å². The first-order chi connectivity index (χ1) is 7.25. The molecule has 3 heteroatoms. The molecule has 0 saturated carbocycles. The Morgan fingerprint density at radius 1 is 1.20 bits per heavy atom. The number of benzene rings is 1. The van der Waals surface area contributed by atoms with Crippen molar-refractivity contribution in [3.63, 3.8) is 0 Å². The Morgan fingerprint density at radius 3 is 2.53 bits per heavy atom. The van der Waals surface area contributed by atoms with E-state index in [0.717, 1.165) is 10.9 Å². The first kappa shape index (κ1) is 10.9. The molecule has 0 amide bonds. The fourth-order valence-electron chi connectivity index (χ4n) is 1.48. The van der Waals surface area contributed by atoms with E-state index in [2.05, 4.69) is 57.0 Å². The van der Waals surface area contributed by atoms with Crippen LogP contribution in [0, 0.1) is 0 Å². The van der Waals surface area contributed by atoms with E-state index in [1.807, 2.05) is 0 Å². The first-order valence-corrected chi connectivity index (χ1v) is 6.51. The number of halogens is 1. The smallest absolute Gasteiger partial charge is 0.0344 e. The van der Waals surface area contributed by atoms with Crippen molar-refractivity contribution in [2.24, 2.45) is 5.73 Å². The van der Waals surface area contributed by atoms with Crippen molar-refractivity contribution in [3.05, 3.63) is 56.7 Å². The summed E-state index contributed by atoms with van der Waals surface area (Å²) in [6, 6.07) is 10.5. The Kier molecular flexibility index (Phi) is 3.57. The Balaban J connectivity index is 2.06. The molecule has 78 valence electrons. The maximum Gasteiger partial charge on any atom is 0.0344 e. The number of hydrogen-bond donors (Lipinski definition) is 1. The number of rotatable bonds is 3. The zero-order valence-electron chi connectivity index (χ0n) is 8.19. The lowest BCUT2D eigenvalue weighted by Crippen LogP contribution is -2.12. The molecule has 1 nitrogen and oxygen atoms in total. The van der Waals surface area contributed by atoms with Crippen molar-refractivity contribution >= 4 is 27.3 Å². The third kappa shape index (κ3) is 2.91. The zero-order valence-corrected chi connectivity index (χ0v) is 10.6. The highest BCUT2D eigenvalue weighted by Gasteiger charge is 2.06. The van der Waals surface area contributed by atoms with Gasteiger partial charge in [-0.15, -0.1) is 0 Å². The van der Waals surface area contributed by atoms with Gasteiger partial charge in [0.05, 0.1) is 0 Å². The molecular formula is C12H12BrNS. The van der Waals surface area contributed by atoms with Gasteiger partial charge in [-0.1, -0.05) is 28.1 Å². The molecule has 1 unspecified atom stereocenters. The molecule has 1 aromatic heterocycles. The maximum atomic E-state index is 6.10. The lowest BCUT2D eigenvalue weighted by Gasteiger charge is -2.09. The third-order valence-corrected chi connectivity index (χ3v) is 3.57. The van der Waals surface area contributed by atoms with Gasteiger partial charge in [-0.2, -0.15) is 11.3 Å². The van der Waals surface area contributed by atoms with Crippen LogP contribution >= 0.6 is 27.3 Å². The topological polar surface area (TPSA) is 26.0 Å². The molecule has 0 spiro atoms. The van der Waals surface area contributed by atoms with Crippen LogP contribution in [0.15, 0.2) is 45.6 Å². The second kappa shape index (κ2) is 4.92. The summed E-state index contributed by atoms with van der Waals surface area (Å²) in [6.45, 7) is 0. The molecule has 0 fully saturated rings. The van der Waals surface area contributed by atoms with Crippen LogP contribution in [-0.2, 0) is 6.42 Å². The molecule has 0 saturated heterocycles. The van der Waals surface area contributed by atoms with E-state index in [1.54, 1.807) is 11.3 Å². The van der Waals surface area contributed by atoms with Gasteiger partial charge in [0.25, 0.3) is 0 Å². The monoisotopic (exact) mass is 281 g/mol.